The third kappa shape index (κ3) is 2.99. The zero-order valence-corrected chi connectivity index (χ0v) is 10.7. The molecule has 0 saturated carbocycles. The second-order valence-corrected chi connectivity index (χ2v) is 4.84. The number of amides is 1. The van der Waals surface area contributed by atoms with Crippen LogP contribution in [-0.4, -0.2) is 23.1 Å². The van der Waals surface area contributed by atoms with E-state index in [4.69, 9.17) is 0 Å². The van der Waals surface area contributed by atoms with Gasteiger partial charge in [-0.05, 0) is 30.0 Å². The number of aliphatic hydroxyl groups excluding tert-OH is 1. The number of alkyl halides is 5. The van der Waals surface area contributed by atoms with E-state index < -0.39 is 23.8 Å². The molecule has 116 valence electrons. The smallest absolute Gasteiger partial charge is 0.382 e. The molecule has 0 bridgehead atoms. The molecule has 1 atom stereocenters. The Balaban J connectivity index is 2.34. The molecule has 1 aliphatic rings. The lowest BCUT2D eigenvalue weighted by Gasteiger charge is -2.25. The molecule has 3 nitrogen and oxygen atoms in total. The highest BCUT2D eigenvalue weighted by atomic mass is 19.4. The van der Waals surface area contributed by atoms with Gasteiger partial charge in [-0.2, -0.15) is 22.0 Å². The first-order valence-electron chi connectivity index (χ1n) is 6.18. The van der Waals surface area contributed by atoms with Gasteiger partial charge in [0.1, 0.15) is 0 Å². The van der Waals surface area contributed by atoms with Crippen LogP contribution in [0.5, 0.6) is 0 Å². The van der Waals surface area contributed by atoms with Crippen LogP contribution in [-0.2, 0) is 11.2 Å². The Labute approximate surface area is 116 Å². The number of aliphatic hydroxyl groups is 1. The van der Waals surface area contributed by atoms with Gasteiger partial charge in [0.05, 0.1) is 0 Å². The van der Waals surface area contributed by atoms with Gasteiger partial charge in [0.2, 0.25) is 5.91 Å². The van der Waals surface area contributed by atoms with Gasteiger partial charge in [-0.1, -0.05) is 12.1 Å². The molecule has 0 aliphatic carbocycles. The summed E-state index contributed by atoms with van der Waals surface area (Å²) in [6.45, 7) is 0. The van der Waals surface area contributed by atoms with Crippen LogP contribution in [0.4, 0.5) is 27.6 Å². The Morgan fingerprint density at radius 2 is 1.81 bits per heavy atom. The van der Waals surface area contributed by atoms with Crippen molar-refractivity contribution in [2.75, 3.05) is 5.32 Å². The van der Waals surface area contributed by atoms with Gasteiger partial charge >= 0.3 is 12.1 Å². The van der Waals surface area contributed by atoms with Crippen molar-refractivity contribution in [1.29, 1.82) is 0 Å². The van der Waals surface area contributed by atoms with Crippen molar-refractivity contribution in [2.24, 2.45) is 0 Å². The van der Waals surface area contributed by atoms with Crippen molar-refractivity contribution in [1.82, 2.24) is 0 Å². The predicted octanol–water partition coefficient (Wildman–Crippen LogP) is 3.19. The molecule has 0 radical (unpaired) electrons. The molecule has 1 unspecified atom stereocenters. The van der Waals surface area contributed by atoms with Gasteiger partial charge in [0, 0.05) is 12.1 Å². The zero-order valence-electron chi connectivity index (χ0n) is 10.7. The first kappa shape index (κ1) is 15.7. The summed E-state index contributed by atoms with van der Waals surface area (Å²) in [5.74, 6) is -5.49. The summed E-state index contributed by atoms with van der Waals surface area (Å²) >= 11 is 0. The van der Waals surface area contributed by atoms with E-state index in [0.717, 1.165) is 12.1 Å². The number of aryl methyl sites for hydroxylation is 1. The van der Waals surface area contributed by atoms with E-state index in [-0.39, 0.29) is 12.3 Å². The highest BCUT2D eigenvalue weighted by molar-refractivity contribution is 5.92. The number of fused-ring (bicyclic) bond motifs is 1. The first-order chi connectivity index (χ1) is 9.63. The minimum Gasteiger partial charge on any atom is -0.382 e. The van der Waals surface area contributed by atoms with Gasteiger partial charge in [-0.3, -0.25) is 4.79 Å². The highest BCUT2D eigenvalue weighted by Crippen LogP contribution is 2.44. The monoisotopic (exact) mass is 309 g/mol. The van der Waals surface area contributed by atoms with Crippen molar-refractivity contribution in [3.05, 3.63) is 29.3 Å². The average molecular weight is 309 g/mol. The molecule has 0 saturated heterocycles. The van der Waals surface area contributed by atoms with E-state index in [9.17, 15) is 31.9 Å². The van der Waals surface area contributed by atoms with Crippen LogP contribution >= 0.6 is 0 Å². The average Bonchev–Trinajstić information content (AvgIpc) is 2.56. The topological polar surface area (TPSA) is 49.3 Å². The number of halogens is 5. The van der Waals surface area contributed by atoms with Crippen LogP contribution in [0, 0.1) is 0 Å². The lowest BCUT2D eigenvalue weighted by Crippen LogP contribution is -2.42. The molecule has 0 spiro atoms. The molecule has 2 rings (SSSR count). The van der Waals surface area contributed by atoms with Gasteiger partial charge in [0.15, 0.2) is 6.10 Å². The number of nitrogens with one attached hydrogen (secondary N) is 1. The fourth-order valence-electron chi connectivity index (χ4n) is 2.13. The molecule has 8 heteroatoms. The lowest BCUT2D eigenvalue weighted by atomic mass is 9.98. The van der Waals surface area contributed by atoms with Crippen molar-refractivity contribution in [3.8, 4) is 0 Å². The molecule has 2 N–H and O–H groups in total. The minimum atomic E-state index is -5.84. The second-order valence-electron chi connectivity index (χ2n) is 4.84. The molecule has 0 fully saturated rings. The molecule has 1 aromatic rings. The van der Waals surface area contributed by atoms with E-state index in [1.54, 1.807) is 0 Å². The molecular weight excluding hydrogens is 297 g/mol. The van der Waals surface area contributed by atoms with Gasteiger partial charge in [-0.15, -0.1) is 0 Å². The first-order valence-corrected chi connectivity index (χ1v) is 6.18. The maximum atomic E-state index is 13.1. The van der Waals surface area contributed by atoms with Crippen LogP contribution in [0.2, 0.25) is 0 Å². The van der Waals surface area contributed by atoms with E-state index in [2.05, 4.69) is 5.32 Å². The Bertz CT molecular complexity index is 556. The predicted molar refractivity (Wildman–Crippen MR) is 64.0 cm³/mol. The number of rotatable bonds is 2. The zero-order chi connectivity index (χ0) is 15.8. The van der Waals surface area contributed by atoms with Gasteiger partial charge in [0.25, 0.3) is 0 Å². The molecule has 0 aromatic heterocycles. The van der Waals surface area contributed by atoms with Crippen LogP contribution in [0.25, 0.3) is 0 Å². The molecule has 1 amide bonds. The summed E-state index contributed by atoms with van der Waals surface area (Å²) < 4.78 is 63.1. The van der Waals surface area contributed by atoms with Crippen molar-refractivity contribution in [2.45, 2.75) is 37.5 Å². The lowest BCUT2D eigenvalue weighted by molar-refractivity contribution is -0.315. The Hall–Kier alpha value is -1.70. The van der Waals surface area contributed by atoms with Crippen LogP contribution in [0.3, 0.4) is 0 Å². The molecule has 1 heterocycles. The SMILES string of the molecule is O=C1CCCc2cc(C(O)C(F)(F)C(F)(F)F)ccc2N1. The summed E-state index contributed by atoms with van der Waals surface area (Å²) in [4.78, 5) is 11.3. The van der Waals surface area contributed by atoms with E-state index >= 15 is 0 Å². The molecular formula is C13H12F5NO2. The quantitative estimate of drug-likeness (QED) is 0.824. The molecule has 1 aliphatic heterocycles. The van der Waals surface area contributed by atoms with Crippen molar-refractivity contribution >= 4 is 11.6 Å². The van der Waals surface area contributed by atoms with Crippen molar-refractivity contribution in [3.63, 3.8) is 0 Å². The summed E-state index contributed by atoms with van der Waals surface area (Å²) in [5.41, 5.74) is 0.256. The van der Waals surface area contributed by atoms with E-state index in [1.807, 2.05) is 0 Å². The van der Waals surface area contributed by atoms with Crippen LogP contribution < -0.4 is 5.32 Å². The summed E-state index contributed by atoms with van der Waals surface area (Å²) in [5, 5.41) is 11.9. The van der Waals surface area contributed by atoms with Crippen LogP contribution in [0.1, 0.15) is 30.1 Å². The number of hydrogen-bond acceptors (Lipinski definition) is 2. The maximum Gasteiger partial charge on any atom is 0.456 e. The normalized spacial score (nSPS) is 17.7. The highest BCUT2D eigenvalue weighted by Gasteiger charge is 2.62. The fraction of sp³-hybridized carbons (Fsp3) is 0.462. The third-order valence-electron chi connectivity index (χ3n) is 3.29. The van der Waals surface area contributed by atoms with Gasteiger partial charge in [-0.25, -0.2) is 0 Å². The summed E-state index contributed by atoms with van der Waals surface area (Å²) in [6.07, 6.45) is -7.78. The molecule has 1 aromatic carbocycles. The number of anilines is 1. The van der Waals surface area contributed by atoms with E-state index in [0.29, 0.717) is 24.1 Å². The second kappa shape index (κ2) is 5.25. The Morgan fingerprint density at radius 1 is 1.14 bits per heavy atom. The fourth-order valence-corrected chi connectivity index (χ4v) is 2.13. The minimum absolute atomic E-state index is 0.241. The molecule has 21 heavy (non-hydrogen) atoms. The number of carbonyl (C=O) groups excluding carboxylic acids is 1. The van der Waals surface area contributed by atoms with Crippen molar-refractivity contribution < 1.29 is 31.9 Å². The largest absolute Gasteiger partial charge is 0.456 e. The summed E-state index contributed by atoms with van der Waals surface area (Å²) in [7, 11) is 0. The maximum absolute atomic E-state index is 13.1. The Morgan fingerprint density at radius 3 is 2.43 bits per heavy atom. The number of hydrogen-bond donors (Lipinski definition) is 2. The standard InChI is InChI=1S/C13H12F5NO2/c14-12(15,13(16,17)18)11(21)8-4-5-9-7(6-8)2-1-3-10(20)19-9/h4-6,11,21H,1-3H2,(H,19,20). The van der Waals surface area contributed by atoms with E-state index in [1.165, 1.54) is 6.07 Å². The Kier molecular flexibility index (Phi) is 3.92. The number of benzene rings is 1. The van der Waals surface area contributed by atoms with Crippen LogP contribution in [0.15, 0.2) is 18.2 Å². The number of carbonyl (C=O) groups is 1. The van der Waals surface area contributed by atoms with Gasteiger partial charge < -0.3 is 10.4 Å². The summed E-state index contributed by atoms with van der Waals surface area (Å²) in [6, 6.07) is 3.25. The third-order valence-corrected chi connectivity index (χ3v) is 3.29.